The Labute approximate surface area is 172 Å². The van der Waals surface area contributed by atoms with E-state index in [2.05, 4.69) is 15.3 Å². The van der Waals surface area contributed by atoms with Gasteiger partial charge in [-0.15, -0.1) is 0 Å². The Morgan fingerprint density at radius 1 is 1.13 bits per heavy atom. The first-order valence-electron chi connectivity index (χ1n) is 9.41. The van der Waals surface area contributed by atoms with Crippen molar-refractivity contribution in [2.24, 2.45) is 5.41 Å². The number of rotatable bonds is 3. The van der Waals surface area contributed by atoms with Crippen LogP contribution in [0.1, 0.15) is 56.4 Å². The predicted molar refractivity (Wildman–Crippen MR) is 105 cm³/mol. The molecular weight excluding hydrogens is 384 g/mol. The molecule has 4 rings (SSSR count). The van der Waals surface area contributed by atoms with Gasteiger partial charge in [-0.05, 0) is 24.3 Å². The van der Waals surface area contributed by atoms with E-state index in [1.165, 1.54) is 18.2 Å². The number of nitrogens with zero attached hydrogens (tertiary/aromatic N) is 5. The van der Waals surface area contributed by atoms with E-state index >= 15 is 0 Å². The van der Waals surface area contributed by atoms with Crippen LogP contribution in [-0.4, -0.2) is 20.8 Å². The van der Waals surface area contributed by atoms with Gasteiger partial charge in [-0.1, -0.05) is 26.8 Å². The van der Waals surface area contributed by atoms with E-state index in [0.29, 0.717) is 29.9 Å². The van der Waals surface area contributed by atoms with Crippen molar-refractivity contribution in [3.05, 3.63) is 57.2 Å². The van der Waals surface area contributed by atoms with Gasteiger partial charge in [-0.3, -0.25) is 14.9 Å². The van der Waals surface area contributed by atoms with Crippen LogP contribution >= 0.6 is 0 Å². The number of hydrogen-bond acceptors (Lipinski definition) is 7. The molecule has 0 spiro atoms. The summed E-state index contributed by atoms with van der Waals surface area (Å²) in [5.74, 6) is -0.349. The number of nitro benzene ring substituents is 1. The minimum atomic E-state index is -1.08. The number of amides is 1. The molecule has 0 radical (unpaired) electrons. The second-order valence-corrected chi connectivity index (χ2v) is 8.47. The lowest BCUT2D eigenvalue weighted by atomic mass is 9.63. The van der Waals surface area contributed by atoms with Crippen molar-refractivity contribution in [2.45, 2.75) is 44.4 Å². The van der Waals surface area contributed by atoms with Gasteiger partial charge in [-0.2, -0.15) is 10.5 Å². The summed E-state index contributed by atoms with van der Waals surface area (Å²) in [4.78, 5) is 33.1. The van der Waals surface area contributed by atoms with Crippen molar-refractivity contribution in [3.8, 4) is 12.1 Å². The fourth-order valence-electron chi connectivity index (χ4n) is 5.08. The zero-order valence-electron chi connectivity index (χ0n) is 16.7. The molecule has 0 saturated heterocycles. The summed E-state index contributed by atoms with van der Waals surface area (Å²) >= 11 is 0. The fourth-order valence-corrected chi connectivity index (χ4v) is 5.08. The molecule has 1 fully saturated rings. The van der Waals surface area contributed by atoms with Gasteiger partial charge in [0.25, 0.3) is 5.69 Å². The molecule has 1 aromatic carbocycles. The Balaban J connectivity index is 1.87. The van der Waals surface area contributed by atoms with Gasteiger partial charge in [-0.25, -0.2) is 9.97 Å². The molecule has 2 unspecified atom stereocenters. The van der Waals surface area contributed by atoms with Gasteiger partial charge in [0.1, 0.15) is 12.1 Å². The van der Waals surface area contributed by atoms with Gasteiger partial charge in [0.2, 0.25) is 5.91 Å². The lowest BCUT2D eigenvalue weighted by Gasteiger charge is -2.39. The van der Waals surface area contributed by atoms with Gasteiger partial charge in [0, 0.05) is 23.2 Å². The molecule has 1 aromatic heterocycles. The average Bonchev–Trinajstić information content (AvgIpc) is 3.02. The minimum absolute atomic E-state index is 0.0462. The zero-order chi connectivity index (χ0) is 21.9. The average molecular weight is 402 g/mol. The molecule has 1 amide bonds. The molecule has 9 nitrogen and oxygen atoms in total. The van der Waals surface area contributed by atoms with Crippen LogP contribution in [0, 0.1) is 38.2 Å². The van der Waals surface area contributed by atoms with E-state index in [-0.39, 0.29) is 23.0 Å². The van der Waals surface area contributed by atoms with E-state index < -0.39 is 21.2 Å². The molecule has 2 atom stereocenters. The number of nitro groups is 1. The molecule has 0 aliphatic heterocycles. The summed E-state index contributed by atoms with van der Waals surface area (Å²) < 4.78 is 0. The highest BCUT2D eigenvalue weighted by Gasteiger charge is 2.73. The van der Waals surface area contributed by atoms with Crippen molar-refractivity contribution < 1.29 is 9.72 Å². The lowest BCUT2D eigenvalue weighted by Crippen LogP contribution is -2.48. The second-order valence-electron chi connectivity index (χ2n) is 8.47. The number of hydrogen-bond donors (Lipinski definition) is 1. The Kier molecular flexibility index (Phi) is 3.94. The minimum Gasteiger partial charge on any atom is -0.325 e. The molecule has 1 saturated carbocycles. The summed E-state index contributed by atoms with van der Waals surface area (Å²) in [6, 6.07) is 9.56. The van der Waals surface area contributed by atoms with Crippen LogP contribution in [0.2, 0.25) is 0 Å². The Bertz CT molecular complexity index is 1210. The molecule has 2 aliphatic carbocycles. The molecule has 1 N–H and O–H groups in total. The maximum Gasteiger partial charge on any atom is 0.271 e. The van der Waals surface area contributed by atoms with Crippen molar-refractivity contribution in [1.82, 2.24) is 9.97 Å². The maximum atomic E-state index is 13.7. The van der Waals surface area contributed by atoms with E-state index in [0.717, 1.165) is 0 Å². The SMILES string of the molecule is CC12CCC(C(=O)Nc3cccc([N+](=O)[O-])c3)(c3nc(C#N)c(C#N)nc31)C2(C)C. The van der Waals surface area contributed by atoms with Crippen molar-refractivity contribution in [2.75, 3.05) is 5.32 Å². The van der Waals surface area contributed by atoms with E-state index in [9.17, 15) is 25.4 Å². The Hall–Kier alpha value is -3.85. The van der Waals surface area contributed by atoms with Gasteiger partial charge >= 0.3 is 0 Å². The van der Waals surface area contributed by atoms with Crippen molar-refractivity contribution in [1.29, 1.82) is 10.5 Å². The third-order valence-electron chi connectivity index (χ3n) is 7.18. The molecule has 2 bridgehead atoms. The smallest absolute Gasteiger partial charge is 0.271 e. The van der Waals surface area contributed by atoms with Crippen LogP contribution < -0.4 is 5.32 Å². The fraction of sp³-hybridized carbons (Fsp3) is 0.381. The normalized spacial score (nSPS) is 25.1. The number of nitrogens with one attached hydrogen (secondary N) is 1. The largest absolute Gasteiger partial charge is 0.325 e. The second kappa shape index (κ2) is 6.07. The molecular formula is C21H18N6O3. The first-order valence-corrected chi connectivity index (χ1v) is 9.41. The maximum absolute atomic E-state index is 13.7. The highest BCUT2D eigenvalue weighted by molar-refractivity contribution is 6.01. The van der Waals surface area contributed by atoms with E-state index in [1.807, 2.05) is 32.9 Å². The van der Waals surface area contributed by atoms with Crippen molar-refractivity contribution >= 4 is 17.3 Å². The molecule has 1 heterocycles. The molecule has 2 aliphatic rings. The Morgan fingerprint density at radius 3 is 2.37 bits per heavy atom. The first-order chi connectivity index (χ1) is 14.1. The Morgan fingerprint density at radius 2 is 1.77 bits per heavy atom. The van der Waals surface area contributed by atoms with Crippen molar-refractivity contribution in [3.63, 3.8) is 0 Å². The summed E-state index contributed by atoms with van der Waals surface area (Å²) in [6.07, 6.45) is 1.16. The third kappa shape index (κ3) is 2.17. The molecule has 30 heavy (non-hydrogen) atoms. The number of benzene rings is 1. The number of carbonyl (C=O) groups is 1. The monoisotopic (exact) mass is 402 g/mol. The third-order valence-corrected chi connectivity index (χ3v) is 7.18. The van der Waals surface area contributed by atoms with E-state index in [4.69, 9.17) is 0 Å². The van der Waals surface area contributed by atoms with Crippen LogP contribution in [0.4, 0.5) is 11.4 Å². The number of fused-ring (bicyclic) bond motifs is 5. The molecule has 9 heteroatoms. The summed E-state index contributed by atoms with van der Waals surface area (Å²) in [5.41, 5.74) is -1.16. The summed E-state index contributed by atoms with van der Waals surface area (Å²) in [5, 5.41) is 32.7. The topological polar surface area (TPSA) is 146 Å². The standard InChI is InChI=1S/C21H18N6O3/c1-19(2)20(3)7-8-21(19,17-16(20)25-14(10-22)15(11-23)26-17)18(28)24-12-5-4-6-13(9-12)27(29)30/h4-6,9H,7-8H2,1-3H3,(H,24,28). The molecule has 150 valence electrons. The van der Waals surface area contributed by atoms with Crippen LogP contribution in [0.3, 0.4) is 0 Å². The summed E-state index contributed by atoms with van der Waals surface area (Å²) in [7, 11) is 0. The number of anilines is 1. The quantitative estimate of drug-likeness (QED) is 0.613. The first kappa shape index (κ1) is 19.5. The van der Waals surface area contributed by atoms with Crippen LogP contribution in [0.5, 0.6) is 0 Å². The number of nitriles is 2. The van der Waals surface area contributed by atoms with E-state index in [1.54, 1.807) is 6.07 Å². The number of aromatic nitrogens is 2. The number of carbonyl (C=O) groups excluding carboxylic acids is 1. The van der Waals surface area contributed by atoms with Gasteiger partial charge in [0.05, 0.1) is 21.7 Å². The van der Waals surface area contributed by atoms with Crippen LogP contribution in [-0.2, 0) is 15.6 Å². The van der Waals surface area contributed by atoms with Crippen LogP contribution in [0.15, 0.2) is 24.3 Å². The lowest BCUT2D eigenvalue weighted by molar-refractivity contribution is -0.384. The number of non-ortho nitro benzene ring substituents is 1. The van der Waals surface area contributed by atoms with Crippen LogP contribution in [0.25, 0.3) is 0 Å². The predicted octanol–water partition coefficient (Wildman–Crippen LogP) is 3.10. The zero-order valence-corrected chi connectivity index (χ0v) is 16.7. The van der Waals surface area contributed by atoms with Gasteiger partial charge < -0.3 is 5.32 Å². The van der Waals surface area contributed by atoms with Gasteiger partial charge in [0.15, 0.2) is 11.4 Å². The summed E-state index contributed by atoms with van der Waals surface area (Å²) in [6.45, 7) is 5.94. The molecule has 2 aromatic rings. The highest BCUT2D eigenvalue weighted by atomic mass is 16.6. The highest BCUT2D eigenvalue weighted by Crippen LogP contribution is 2.70.